The molecular formula is C17H23NO4. The fraction of sp³-hybridized carbons (Fsp3) is 0.529. The topological polar surface area (TPSA) is 55.8 Å². The van der Waals surface area contributed by atoms with Gasteiger partial charge in [-0.3, -0.25) is 4.79 Å². The number of rotatable bonds is 3. The Balaban J connectivity index is 1.96. The molecule has 120 valence electrons. The highest BCUT2D eigenvalue weighted by molar-refractivity contribution is 5.94. The molecule has 0 spiro atoms. The van der Waals surface area contributed by atoms with E-state index in [4.69, 9.17) is 9.47 Å². The number of ether oxygens (including phenoxy) is 2. The van der Waals surface area contributed by atoms with Crippen molar-refractivity contribution in [2.24, 2.45) is 0 Å². The molecule has 1 saturated heterocycles. The van der Waals surface area contributed by atoms with E-state index in [-0.39, 0.29) is 24.5 Å². The van der Waals surface area contributed by atoms with Crippen LogP contribution in [0.2, 0.25) is 0 Å². The normalized spacial score (nSPS) is 22.0. The lowest BCUT2D eigenvalue weighted by Gasteiger charge is -2.27. The van der Waals surface area contributed by atoms with E-state index < -0.39 is 11.7 Å². The Kier molecular flexibility index (Phi) is 4.86. The molecule has 1 aromatic rings. The summed E-state index contributed by atoms with van der Waals surface area (Å²) in [7, 11) is 0. The van der Waals surface area contributed by atoms with Crippen LogP contribution < -0.4 is 0 Å². The van der Waals surface area contributed by atoms with Crippen LogP contribution in [0.1, 0.15) is 39.7 Å². The van der Waals surface area contributed by atoms with Gasteiger partial charge in [-0.25, -0.2) is 9.69 Å². The molecule has 5 nitrogen and oxygen atoms in total. The molecular weight excluding hydrogens is 282 g/mol. The summed E-state index contributed by atoms with van der Waals surface area (Å²) in [4.78, 5) is 25.4. The molecule has 2 unspecified atom stereocenters. The molecule has 0 radical (unpaired) electrons. The van der Waals surface area contributed by atoms with Gasteiger partial charge in [0.15, 0.2) is 0 Å². The monoisotopic (exact) mass is 305 g/mol. The van der Waals surface area contributed by atoms with E-state index in [2.05, 4.69) is 0 Å². The third kappa shape index (κ3) is 4.07. The zero-order valence-corrected chi connectivity index (χ0v) is 13.5. The van der Waals surface area contributed by atoms with E-state index in [1.165, 1.54) is 4.90 Å². The highest BCUT2D eigenvalue weighted by Gasteiger charge is 2.43. The van der Waals surface area contributed by atoms with Crippen molar-refractivity contribution in [2.45, 2.75) is 58.5 Å². The van der Waals surface area contributed by atoms with Gasteiger partial charge in [0, 0.05) is 0 Å². The highest BCUT2D eigenvalue weighted by Crippen LogP contribution is 2.25. The lowest BCUT2D eigenvalue weighted by atomic mass is 10.2. The lowest BCUT2D eigenvalue weighted by molar-refractivity contribution is -0.127. The standard InChI is InChI=1S/C17H23NO4/c1-12-14(21-11-13-8-6-5-7-9-13)10-15(19)18(12)16(20)22-17(2,3)4/h5-9,12,14H,10-11H2,1-4H3. The number of carbonyl (C=O) groups excluding carboxylic acids is 2. The first-order valence-electron chi connectivity index (χ1n) is 7.48. The van der Waals surface area contributed by atoms with Crippen LogP contribution in [-0.2, 0) is 20.9 Å². The second-order valence-corrected chi connectivity index (χ2v) is 6.52. The van der Waals surface area contributed by atoms with Crippen LogP contribution in [-0.4, -0.2) is 34.6 Å². The zero-order valence-electron chi connectivity index (χ0n) is 13.5. The van der Waals surface area contributed by atoms with Gasteiger partial charge in [-0.2, -0.15) is 0 Å². The Hall–Kier alpha value is -1.88. The number of amides is 2. The highest BCUT2D eigenvalue weighted by atomic mass is 16.6. The van der Waals surface area contributed by atoms with Crippen LogP contribution in [0.3, 0.4) is 0 Å². The quantitative estimate of drug-likeness (QED) is 0.861. The van der Waals surface area contributed by atoms with E-state index in [1.807, 2.05) is 37.3 Å². The van der Waals surface area contributed by atoms with E-state index in [9.17, 15) is 9.59 Å². The van der Waals surface area contributed by atoms with Gasteiger partial charge in [0.2, 0.25) is 5.91 Å². The van der Waals surface area contributed by atoms with Crippen LogP contribution in [0.4, 0.5) is 4.79 Å². The van der Waals surface area contributed by atoms with Gasteiger partial charge < -0.3 is 9.47 Å². The first-order valence-corrected chi connectivity index (χ1v) is 7.48. The molecule has 22 heavy (non-hydrogen) atoms. The average Bonchev–Trinajstić information content (AvgIpc) is 2.70. The molecule has 0 aromatic heterocycles. The molecule has 0 N–H and O–H groups in total. The molecule has 0 aliphatic carbocycles. The molecule has 2 amide bonds. The SMILES string of the molecule is CC1C(OCc2ccccc2)CC(=O)N1C(=O)OC(C)(C)C. The molecule has 0 bridgehead atoms. The van der Waals surface area contributed by atoms with Crippen molar-refractivity contribution in [3.8, 4) is 0 Å². The maximum Gasteiger partial charge on any atom is 0.417 e. The number of carbonyl (C=O) groups is 2. The lowest BCUT2D eigenvalue weighted by Crippen LogP contribution is -2.43. The summed E-state index contributed by atoms with van der Waals surface area (Å²) in [6.45, 7) is 7.56. The smallest absolute Gasteiger partial charge is 0.417 e. The van der Waals surface area contributed by atoms with E-state index in [0.29, 0.717) is 6.61 Å². The number of likely N-dealkylation sites (tertiary alicyclic amines) is 1. The summed E-state index contributed by atoms with van der Waals surface area (Å²) in [5, 5.41) is 0. The van der Waals surface area contributed by atoms with Crippen molar-refractivity contribution in [1.82, 2.24) is 4.90 Å². The number of hydrogen-bond acceptors (Lipinski definition) is 4. The fourth-order valence-corrected chi connectivity index (χ4v) is 2.39. The molecule has 0 saturated carbocycles. The van der Waals surface area contributed by atoms with Crippen LogP contribution in [0.15, 0.2) is 30.3 Å². The van der Waals surface area contributed by atoms with E-state index >= 15 is 0 Å². The molecule has 1 aliphatic rings. The maximum absolute atomic E-state index is 12.1. The van der Waals surface area contributed by atoms with Gasteiger partial charge in [-0.15, -0.1) is 0 Å². The Morgan fingerprint density at radius 1 is 1.27 bits per heavy atom. The van der Waals surface area contributed by atoms with Crippen molar-refractivity contribution >= 4 is 12.0 Å². The van der Waals surface area contributed by atoms with Gasteiger partial charge in [-0.1, -0.05) is 30.3 Å². The van der Waals surface area contributed by atoms with Crippen LogP contribution >= 0.6 is 0 Å². The summed E-state index contributed by atoms with van der Waals surface area (Å²) < 4.78 is 11.1. The predicted octanol–water partition coefficient (Wildman–Crippen LogP) is 3.13. The summed E-state index contributed by atoms with van der Waals surface area (Å²) >= 11 is 0. The van der Waals surface area contributed by atoms with Crippen molar-refractivity contribution in [1.29, 1.82) is 0 Å². The largest absolute Gasteiger partial charge is 0.443 e. The molecule has 2 rings (SSSR count). The van der Waals surface area contributed by atoms with Crippen LogP contribution in [0.5, 0.6) is 0 Å². The minimum Gasteiger partial charge on any atom is -0.443 e. The first-order chi connectivity index (χ1) is 10.3. The van der Waals surface area contributed by atoms with Crippen molar-refractivity contribution in [3.05, 3.63) is 35.9 Å². The summed E-state index contributed by atoms with van der Waals surface area (Å²) in [5.74, 6) is -0.250. The van der Waals surface area contributed by atoms with Crippen LogP contribution in [0.25, 0.3) is 0 Å². The zero-order chi connectivity index (χ0) is 16.3. The molecule has 5 heteroatoms. The third-order valence-corrected chi connectivity index (χ3v) is 3.49. The minimum atomic E-state index is -0.625. The summed E-state index contributed by atoms with van der Waals surface area (Å²) in [6, 6.07) is 9.42. The molecule has 1 heterocycles. The number of benzene rings is 1. The maximum atomic E-state index is 12.1. The van der Waals surface area contributed by atoms with E-state index in [1.54, 1.807) is 20.8 Å². The fourth-order valence-electron chi connectivity index (χ4n) is 2.39. The van der Waals surface area contributed by atoms with Crippen molar-refractivity contribution in [2.75, 3.05) is 0 Å². The van der Waals surface area contributed by atoms with Crippen LogP contribution in [0, 0.1) is 0 Å². The Bertz CT molecular complexity index is 535. The number of hydrogen-bond donors (Lipinski definition) is 0. The molecule has 1 aliphatic heterocycles. The summed E-state index contributed by atoms with van der Waals surface area (Å²) in [6.07, 6.45) is -0.705. The number of imide groups is 1. The second-order valence-electron chi connectivity index (χ2n) is 6.52. The Morgan fingerprint density at radius 3 is 2.50 bits per heavy atom. The van der Waals surface area contributed by atoms with Crippen molar-refractivity contribution < 1.29 is 19.1 Å². The number of nitrogens with zero attached hydrogens (tertiary/aromatic N) is 1. The molecule has 1 aromatic carbocycles. The minimum absolute atomic E-state index is 0.202. The predicted molar refractivity (Wildman–Crippen MR) is 82.2 cm³/mol. The van der Waals surface area contributed by atoms with Gasteiger partial charge in [0.1, 0.15) is 5.60 Å². The van der Waals surface area contributed by atoms with Gasteiger partial charge in [0.25, 0.3) is 0 Å². The van der Waals surface area contributed by atoms with Crippen molar-refractivity contribution in [3.63, 3.8) is 0 Å². The van der Waals surface area contributed by atoms with Gasteiger partial charge in [0.05, 0.1) is 25.2 Å². The first kappa shape index (κ1) is 16.5. The molecule has 2 atom stereocenters. The second kappa shape index (κ2) is 6.48. The van der Waals surface area contributed by atoms with Gasteiger partial charge >= 0.3 is 6.09 Å². The summed E-state index contributed by atoms with van der Waals surface area (Å²) in [5.41, 5.74) is 0.415. The van der Waals surface area contributed by atoms with E-state index in [0.717, 1.165) is 5.56 Å². The third-order valence-electron chi connectivity index (χ3n) is 3.49. The Labute approximate surface area is 131 Å². The average molecular weight is 305 g/mol. The molecule has 1 fully saturated rings. The van der Waals surface area contributed by atoms with Gasteiger partial charge in [-0.05, 0) is 33.3 Å². The Morgan fingerprint density at radius 2 is 1.91 bits per heavy atom.